The summed E-state index contributed by atoms with van der Waals surface area (Å²) in [5.74, 6) is -5.68. The van der Waals surface area contributed by atoms with E-state index in [-0.39, 0.29) is 6.42 Å². The van der Waals surface area contributed by atoms with E-state index in [2.05, 4.69) is 4.74 Å². The van der Waals surface area contributed by atoms with Crippen molar-refractivity contribution in [1.29, 1.82) is 0 Å². The lowest BCUT2D eigenvalue weighted by atomic mass is 9.96. The van der Waals surface area contributed by atoms with Crippen LogP contribution in [0.5, 0.6) is 0 Å². The standard InChI is InChI=1S/C11H18F6O/c1-5-6(2)9(13)10(14,11(15,16)17)18-8(4)7(3)12/h6-9H,5H2,1-4H3. The zero-order valence-corrected chi connectivity index (χ0v) is 10.7. The van der Waals surface area contributed by atoms with E-state index in [9.17, 15) is 26.3 Å². The Balaban J connectivity index is 5.20. The van der Waals surface area contributed by atoms with Crippen molar-refractivity contribution in [3.63, 3.8) is 0 Å². The zero-order valence-electron chi connectivity index (χ0n) is 10.7. The maximum absolute atomic E-state index is 13.9. The lowest BCUT2D eigenvalue weighted by Gasteiger charge is -2.35. The zero-order chi connectivity index (χ0) is 14.7. The van der Waals surface area contributed by atoms with Crippen molar-refractivity contribution in [2.75, 3.05) is 0 Å². The second-order valence-electron chi connectivity index (χ2n) is 4.43. The van der Waals surface area contributed by atoms with Gasteiger partial charge in [0.05, 0.1) is 6.10 Å². The number of hydrogen-bond donors (Lipinski definition) is 0. The Bertz CT molecular complexity index is 254. The van der Waals surface area contributed by atoms with E-state index in [1.54, 1.807) is 0 Å². The lowest BCUT2D eigenvalue weighted by Crippen LogP contribution is -2.55. The fourth-order valence-corrected chi connectivity index (χ4v) is 1.23. The maximum atomic E-state index is 13.9. The van der Waals surface area contributed by atoms with Crippen molar-refractivity contribution in [3.05, 3.63) is 0 Å². The van der Waals surface area contributed by atoms with E-state index in [4.69, 9.17) is 0 Å². The smallest absolute Gasteiger partial charge is 0.331 e. The molecule has 0 rings (SSSR count). The van der Waals surface area contributed by atoms with Crippen LogP contribution in [0.3, 0.4) is 0 Å². The third-order valence-corrected chi connectivity index (χ3v) is 2.89. The highest BCUT2D eigenvalue weighted by molar-refractivity contribution is 4.90. The van der Waals surface area contributed by atoms with Crippen molar-refractivity contribution in [1.82, 2.24) is 0 Å². The quantitative estimate of drug-likeness (QED) is 0.657. The summed E-state index contributed by atoms with van der Waals surface area (Å²) in [7, 11) is 0. The summed E-state index contributed by atoms with van der Waals surface area (Å²) < 4.78 is 82.1. The van der Waals surface area contributed by atoms with Crippen molar-refractivity contribution in [2.45, 2.75) is 64.6 Å². The molecule has 0 saturated carbocycles. The van der Waals surface area contributed by atoms with Crippen LogP contribution < -0.4 is 0 Å². The summed E-state index contributed by atoms with van der Waals surface area (Å²) in [5, 5.41) is 0. The normalized spacial score (nSPS) is 23.0. The number of halogens is 6. The average molecular weight is 280 g/mol. The molecular weight excluding hydrogens is 262 g/mol. The predicted molar refractivity (Wildman–Crippen MR) is 55.4 cm³/mol. The molecule has 0 aromatic rings. The highest BCUT2D eigenvalue weighted by Gasteiger charge is 2.65. The molecule has 1 nitrogen and oxygen atoms in total. The van der Waals surface area contributed by atoms with Crippen LogP contribution in [0.15, 0.2) is 0 Å². The minimum atomic E-state index is -5.56. The molecule has 0 bridgehead atoms. The topological polar surface area (TPSA) is 9.23 Å². The van der Waals surface area contributed by atoms with Gasteiger partial charge in [0, 0.05) is 0 Å². The van der Waals surface area contributed by atoms with E-state index < -0.39 is 36.4 Å². The van der Waals surface area contributed by atoms with Gasteiger partial charge in [-0.05, 0) is 19.8 Å². The molecule has 0 heterocycles. The Morgan fingerprint density at radius 1 is 1.00 bits per heavy atom. The molecule has 0 aliphatic carbocycles. The van der Waals surface area contributed by atoms with Gasteiger partial charge >= 0.3 is 12.0 Å². The van der Waals surface area contributed by atoms with Gasteiger partial charge in [-0.3, -0.25) is 0 Å². The first-order chi connectivity index (χ1) is 7.97. The van der Waals surface area contributed by atoms with Gasteiger partial charge in [0.2, 0.25) is 0 Å². The molecule has 0 aromatic carbocycles. The van der Waals surface area contributed by atoms with Gasteiger partial charge in [0.1, 0.15) is 6.17 Å². The molecule has 18 heavy (non-hydrogen) atoms. The Morgan fingerprint density at radius 2 is 1.44 bits per heavy atom. The van der Waals surface area contributed by atoms with Crippen molar-refractivity contribution in [3.8, 4) is 0 Å². The first-order valence-corrected chi connectivity index (χ1v) is 5.68. The van der Waals surface area contributed by atoms with E-state index in [0.717, 1.165) is 20.8 Å². The Kier molecular flexibility index (Phi) is 5.97. The summed E-state index contributed by atoms with van der Waals surface area (Å²) in [5.41, 5.74) is 0. The molecule has 5 atom stereocenters. The van der Waals surface area contributed by atoms with E-state index in [1.165, 1.54) is 6.92 Å². The Hall–Kier alpha value is -0.460. The van der Waals surface area contributed by atoms with E-state index >= 15 is 0 Å². The van der Waals surface area contributed by atoms with Gasteiger partial charge in [-0.15, -0.1) is 0 Å². The van der Waals surface area contributed by atoms with E-state index in [0.29, 0.717) is 0 Å². The average Bonchev–Trinajstić information content (AvgIpc) is 2.24. The fraction of sp³-hybridized carbons (Fsp3) is 1.00. The van der Waals surface area contributed by atoms with Crippen molar-refractivity contribution < 1.29 is 31.1 Å². The first-order valence-electron chi connectivity index (χ1n) is 5.68. The molecule has 0 radical (unpaired) electrons. The highest BCUT2D eigenvalue weighted by Crippen LogP contribution is 2.43. The molecule has 0 spiro atoms. The predicted octanol–water partition coefficient (Wildman–Crippen LogP) is 4.36. The first kappa shape index (κ1) is 17.5. The molecule has 5 unspecified atom stereocenters. The number of ether oxygens (including phenoxy) is 1. The molecule has 0 saturated heterocycles. The van der Waals surface area contributed by atoms with Gasteiger partial charge < -0.3 is 4.74 Å². The Morgan fingerprint density at radius 3 is 1.72 bits per heavy atom. The maximum Gasteiger partial charge on any atom is 0.451 e. The molecule has 0 aromatic heterocycles. The Labute approximate surface area is 102 Å². The second kappa shape index (κ2) is 6.12. The lowest BCUT2D eigenvalue weighted by molar-refractivity contribution is -0.371. The molecule has 0 N–H and O–H groups in total. The van der Waals surface area contributed by atoms with Gasteiger partial charge in [0.25, 0.3) is 0 Å². The second-order valence-corrected chi connectivity index (χ2v) is 4.43. The summed E-state index contributed by atoms with van der Waals surface area (Å²) in [4.78, 5) is 0. The number of alkyl halides is 6. The van der Waals surface area contributed by atoms with Gasteiger partial charge in [-0.25, -0.2) is 8.78 Å². The molecule has 0 aliphatic rings. The summed E-state index contributed by atoms with van der Waals surface area (Å²) in [6.45, 7) is 4.40. The van der Waals surface area contributed by atoms with Crippen LogP contribution in [0.2, 0.25) is 0 Å². The minimum Gasteiger partial charge on any atom is -0.331 e. The van der Waals surface area contributed by atoms with Crippen LogP contribution in [0.4, 0.5) is 26.3 Å². The van der Waals surface area contributed by atoms with Gasteiger partial charge in [0.15, 0.2) is 6.17 Å². The highest BCUT2D eigenvalue weighted by atomic mass is 19.4. The number of rotatable bonds is 6. The van der Waals surface area contributed by atoms with Crippen LogP contribution in [0.25, 0.3) is 0 Å². The van der Waals surface area contributed by atoms with Crippen LogP contribution in [0, 0.1) is 5.92 Å². The largest absolute Gasteiger partial charge is 0.451 e. The molecule has 0 amide bonds. The fourth-order valence-electron chi connectivity index (χ4n) is 1.23. The summed E-state index contributed by atoms with van der Waals surface area (Å²) >= 11 is 0. The van der Waals surface area contributed by atoms with Gasteiger partial charge in [-0.2, -0.15) is 17.6 Å². The van der Waals surface area contributed by atoms with E-state index in [1.807, 2.05) is 0 Å². The monoisotopic (exact) mass is 280 g/mol. The summed E-state index contributed by atoms with van der Waals surface area (Å²) in [6.07, 6.45) is -12.0. The molecule has 0 fully saturated rings. The summed E-state index contributed by atoms with van der Waals surface area (Å²) in [6, 6.07) is 0. The molecule has 0 aliphatic heterocycles. The van der Waals surface area contributed by atoms with Crippen LogP contribution in [0.1, 0.15) is 34.1 Å². The van der Waals surface area contributed by atoms with Crippen LogP contribution in [-0.2, 0) is 4.74 Å². The van der Waals surface area contributed by atoms with Crippen LogP contribution >= 0.6 is 0 Å². The van der Waals surface area contributed by atoms with Crippen molar-refractivity contribution >= 4 is 0 Å². The van der Waals surface area contributed by atoms with Gasteiger partial charge in [-0.1, -0.05) is 20.3 Å². The van der Waals surface area contributed by atoms with Crippen LogP contribution in [-0.4, -0.2) is 30.5 Å². The third kappa shape index (κ3) is 3.76. The number of hydrogen-bond acceptors (Lipinski definition) is 1. The van der Waals surface area contributed by atoms with Crippen molar-refractivity contribution in [2.24, 2.45) is 5.92 Å². The SMILES string of the molecule is CCC(C)C(F)C(F)(OC(C)C(C)F)C(F)(F)F. The third-order valence-electron chi connectivity index (χ3n) is 2.89. The molecule has 7 heteroatoms. The minimum absolute atomic E-state index is 0.00579. The molecule has 110 valence electrons. The molecular formula is C11H18F6O.